The SMILES string of the molecule is CCCNc1nc(C(C)C)nc(NCCC2CC2)c1C. The highest BCUT2D eigenvalue weighted by Gasteiger charge is 2.20. The Morgan fingerprint density at radius 3 is 2.20 bits per heavy atom. The van der Waals surface area contributed by atoms with Crippen LogP contribution in [0.5, 0.6) is 0 Å². The Kier molecular flexibility index (Phi) is 5.21. The summed E-state index contributed by atoms with van der Waals surface area (Å²) in [7, 11) is 0. The molecule has 1 aromatic rings. The number of rotatable bonds is 8. The summed E-state index contributed by atoms with van der Waals surface area (Å²) < 4.78 is 0. The monoisotopic (exact) mass is 276 g/mol. The Labute approximate surface area is 122 Å². The van der Waals surface area contributed by atoms with Crippen LogP contribution in [-0.4, -0.2) is 23.1 Å². The van der Waals surface area contributed by atoms with Crippen LogP contribution in [-0.2, 0) is 0 Å². The van der Waals surface area contributed by atoms with Gasteiger partial charge in [-0.25, -0.2) is 9.97 Å². The van der Waals surface area contributed by atoms with Crippen LogP contribution in [0.25, 0.3) is 0 Å². The van der Waals surface area contributed by atoms with E-state index in [1.165, 1.54) is 19.3 Å². The van der Waals surface area contributed by atoms with Gasteiger partial charge in [0.2, 0.25) is 0 Å². The van der Waals surface area contributed by atoms with Gasteiger partial charge in [-0.1, -0.05) is 33.6 Å². The normalized spacial score (nSPS) is 14.7. The standard InChI is InChI=1S/C16H28N4/c1-5-9-17-15-12(4)16(18-10-8-13-6-7-13)20-14(19-15)11(2)3/h11,13H,5-10H2,1-4H3,(H2,17,18,19,20). The fourth-order valence-corrected chi connectivity index (χ4v) is 2.18. The zero-order chi connectivity index (χ0) is 14.5. The molecule has 0 aromatic carbocycles. The molecule has 0 saturated heterocycles. The average molecular weight is 276 g/mol. The van der Waals surface area contributed by atoms with E-state index in [1.807, 2.05) is 0 Å². The van der Waals surface area contributed by atoms with E-state index in [1.54, 1.807) is 0 Å². The third-order valence-corrected chi connectivity index (χ3v) is 3.76. The smallest absolute Gasteiger partial charge is 0.135 e. The predicted octanol–water partition coefficient (Wildman–Crippen LogP) is 3.94. The van der Waals surface area contributed by atoms with Crippen LogP contribution in [0.1, 0.15) is 63.8 Å². The first-order valence-corrected chi connectivity index (χ1v) is 7.98. The Balaban J connectivity index is 2.11. The lowest BCUT2D eigenvalue weighted by molar-refractivity contribution is 0.746. The number of anilines is 2. The van der Waals surface area contributed by atoms with Crippen LogP contribution in [0.15, 0.2) is 0 Å². The van der Waals surface area contributed by atoms with Crippen molar-refractivity contribution in [3.05, 3.63) is 11.4 Å². The second-order valence-electron chi connectivity index (χ2n) is 6.14. The van der Waals surface area contributed by atoms with E-state index in [0.717, 1.165) is 48.5 Å². The molecule has 0 unspecified atom stereocenters. The Morgan fingerprint density at radius 2 is 1.70 bits per heavy atom. The van der Waals surface area contributed by atoms with Gasteiger partial charge in [0, 0.05) is 24.6 Å². The van der Waals surface area contributed by atoms with Crippen molar-refractivity contribution in [1.29, 1.82) is 0 Å². The lowest BCUT2D eigenvalue weighted by atomic mass is 10.2. The maximum Gasteiger partial charge on any atom is 0.135 e. The van der Waals surface area contributed by atoms with Crippen molar-refractivity contribution in [2.24, 2.45) is 5.92 Å². The number of aromatic nitrogens is 2. The van der Waals surface area contributed by atoms with Crippen LogP contribution < -0.4 is 10.6 Å². The van der Waals surface area contributed by atoms with Crippen molar-refractivity contribution in [3.63, 3.8) is 0 Å². The maximum atomic E-state index is 4.70. The zero-order valence-electron chi connectivity index (χ0n) is 13.3. The summed E-state index contributed by atoms with van der Waals surface area (Å²) in [5.74, 6) is 4.21. The van der Waals surface area contributed by atoms with Crippen molar-refractivity contribution in [2.45, 2.75) is 59.3 Å². The van der Waals surface area contributed by atoms with Gasteiger partial charge in [-0.05, 0) is 25.7 Å². The summed E-state index contributed by atoms with van der Waals surface area (Å²) >= 11 is 0. The highest BCUT2D eigenvalue weighted by Crippen LogP contribution is 2.32. The molecular formula is C16H28N4. The fourth-order valence-electron chi connectivity index (χ4n) is 2.18. The molecular weight excluding hydrogens is 248 g/mol. The maximum absolute atomic E-state index is 4.70. The van der Waals surface area contributed by atoms with E-state index in [-0.39, 0.29) is 0 Å². The minimum Gasteiger partial charge on any atom is -0.370 e. The molecule has 1 fully saturated rings. The summed E-state index contributed by atoms with van der Waals surface area (Å²) in [6.45, 7) is 10.5. The molecule has 0 bridgehead atoms. The molecule has 0 atom stereocenters. The third-order valence-electron chi connectivity index (χ3n) is 3.76. The highest BCUT2D eigenvalue weighted by atomic mass is 15.1. The lowest BCUT2D eigenvalue weighted by Crippen LogP contribution is -2.13. The summed E-state index contributed by atoms with van der Waals surface area (Å²) in [6, 6.07) is 0. The molecule has 2 rings (SSSR count). The molecule has 1 saturated carbocycles. The molecule has 0 aliphatic heterocycles. The first-order chi connectivity index (χ1) is 9.61. The Morgan fingerprint density at radius 1 is 1.10 bits per heavy atom. The Bertz CT molecular complexity index is 438. The van der Waals surface area contributed by atoms with Gasteiger partial charge < -0.3 is 10.6 Å². The minimum absolute atomic E-state index is 0.349. The van der Waals surface area contributed by atoms with Crippen LogP contribution in [0.3, 0.4) is 0 Å². The molecule has 1 aromatic heterocycles. The predicted molar refractivity (Wildman–Crippen MR) is 85.5 cm³/mol. The van der Waals surface area contributed by atoms with Gasteiger partial charge in [-0.15, -0.1) is 0 Å². The molecule has 0 amide bonds. The van der Waals surface area contributed by atoms with E-state index in [4.69, 9.17) is 4.98 Å². The van der Waals surface area contributed by atoms with E-state index in [0.29, 0.717) is 5.92 Å². The first kappa shape index (κ1) is 15.1. The minimum atomic E-state index is 0.349. The van der Waals surface area contributed by atoms with Gasteiger partial charge in [-0.2, -0.15) is 0 Å². The van der Waals surface area contributed by atoms with Gasteiger partial charge in [-0.3, -0.25) is 0 Å². The summed E-state index contributed by atoms with van der Waals surface area (Å²) in [5, 5.41) is 6.92. The van der Waals surface area contributed by atoms with E-state index >= 15 is 0 Å². The third kappa shape index (κ3) is 4.09. The molecule has 4 nitrogen and oxygen atoms in total. The van der Waals surface area contributed by atoms with Crippen LogP contribution in [0.4, 0.5) is 11.6 Å². The highest BCUT2D eigenvalue weighted by molar-refractivity contribution is 5.57. The number of hydrogen-bond acceptors (Lipinski definition) is 4. The summed E-state index contributed by atoms with van der Waals surface area (Å²) in [5.41, 5.74) is 1.14. The molecule has 0 radical (unpaired) electrons. The second kappa shape index (κ2) is 6.91. The Hall–Kier alpha value is -1.32. The zero-order valence-corrected chi connectivity index (χ0v) is 13.3. The lowest BCUT2D eigenvalue weighted by Gasteiger charge is -2.16. The van der Waals surface area contributed by atoms with Gasteiger partial charge in [0.1, 0.15) is 17.5 Å². The van der Waals surface area contributed by atoms with Crippen LogP contribution in [0, 0.1) is 12.8 Å². The molecule has 1 aliphatic carbocycles. The second-order valence-corrected chi connectivity index (χ2v) is 6.14. The van der Waals surface area contributed by atoms with Crippen molar-refractivity contribution >= 4 is 11.6 Å². The van der Waals surface area contributed by atoms with Crippen molar-refractivity contribution in [2.75, 3.05) is 23.7 Å². The van der Waals surface area contributed by atoms with E-state index in [9.17, 15) is 0 Å². The van der Waals surface area contributed by atoms with Crippen LogP contribution >= 0.6 is 0 Å². The molecule has 2 N–H and O–H groups in total. The number of nitrogens with one attached hydrogen (secondary N) is 2. The first-order valence-electron chi connectivity index (χ1n) is 7.98. The van der Waals surface area contributed by atoms with Gasteiger partial charge >= 0.3 is 0 Å². The molecule has 0 spiro atoms. The molecule has 1 aliphatic rings. The molecule has 20 heavy (non-hydrogen) atoms. The van der Waals surface area contributed by atoms with Crippen molar-refractivity contribution in [3.8, 4) is 0 Å². The topological polar surface area (TPSA) is 49.8 Å². The molecule has 4 heteroatoms. The van der Waals surface area contributed by atoms with Crippen molar-refractivity contribution in [1.82, 2.24) is 9.97 Å². The van der Waals surface area contributed by atoms with Gasteiger partial charge in [0.25, 0.3) is 0 Å². The molecule has 1 heterocycles. The summed E-state index contributed by atoms with van der Waals surface area (Å²) in [4.78, 5) is 9.36. The average Bonchev–Trinajstić information content (AvgIpc) is 3.23. The van der Waals surface area contributed by atoms with E-state index < -0.39 is 0 Å². The van der Waals surface area contributed by atoms with E-state index in [2.05, 4.69) is 43.3 Å². The fraction of sp³-hybridized carbons (Fsp3) is 0.750. The quantitative estimate of drug-likeness (QED) is 0.755. The largest absolute Gasteiger partial charge is 0.370 e. The van der Waals surface area contributed by atoms with Gasteiger partial charge in [0.05, 0.1) is 0 Å². The molecule has 112 valence electrons. The van der Waals surface area contributed by atoms with Crippen LogP contribution in [0.2, 0.25) is 0 Å². The number of hydrogen-bond donors (Lipinski definition) is 2. The van der Waals surface area contributed by atoms with Gasteiger partial charge in [0.15, 0.2) is 0 Å². The number of nitrogens with zero attached hydrogens (tertiary/aromatic N) is 2. The van der Waals surface area contributed by atoms with Crippen molar-refractivity contribution < 1.29 is 0 Å². The summed E-state index contributed by atoms with van der Waals surface area (Å²) in [6.07, 6.45) is 5.18.